The molecule has 0 bridgehead atoms. The third-order valence-electron chi connectivity index (χ3n) is 3.44. The van der Waals surface area contributed by atoms with Crippen molar-refractivity contribution in [1.82, 2.24) is 0 Å². The zero-order chi connectivity index (χ0) is 15.2. The Morgan fingerprint density at radius 3 is 2.25 bits per heavy atom. The lowest BCUT2D eigenvalue weighted by molar-refractivity contribution is -0.143. The van der Waals surface area contributed by atoms with Gasteiger partial charge < -0.3 is 4.74 Å². The summed E-state index contributed by atoms with van der Waals surface area (Å²) >= 11 is 0. The molecule has 0 saturated heterocycles. The fourth-order valence-electron chi connectivity index (χ4n) is 2.49. The zero-order valence-corrected chi connectivity index (χ0v) is 12.0. The second kappa shape index (κ2) is 6.73. The van der Waals surface area contributed by atoms with Gasteiger partial charge in [-0.1, -0.05) is 44.2 Å². The van der Waals surface area contributed by atoms with Crippen molar-refractivity contribution in [3.63, 3.8) is 0 Å². The van der Waals surface area contributed by atoms with Crippen LogP contribution in [0.3, 0.4) is 0 Å². The van der Waals surface area contributed by atoms with Crippen LogP contribution in [0.25, 0.3) is 0 Å². The SMILES string of the molecule is COC(=O)CC(C)(C)C(c1ccccc1)C(C#N)C#N. The van der Waals surface area contributed by atoms with E-state index in [2.05, 4.69) is 0 Å². The van der Waals surface area contributed by atoms with Gasteiger partial charge in [-0.25, -0.2) is 0 Å². The molecule has 0 heterocycles. The van der Waals surface area contributed by atoms with Crippen molar-refractivity contribution in [3.8, 4) is 12.1 Å². The van der Waals surface area contributed by atoms with E-state index < -0.39 is 11.3 Å². The number of benzene rings is 1. The average Bonchev–Trinajstić information content (AvgIpc) is 2.44. The molecule has 0 N–H and O–H groups in total. The highest BCUT2D eigenvalue weighted by Gasteiger charge is 2.39. The van der Waals surface area contributed by atoms with Gasteiger partial charge in [-0.3, -0.25) is 4.79 Å². The van der Waals surface area contributed by atoms with E-state index in [1.807, 2.05) is 56.3 Å². The number of rotatable bonds is 5. The van der Waals surface area contributed by atoms with Crippen LogP contribution in [0.5, 0.6) is 0 Å². The summed E-state index contributed by atoms with van der Waals surface area (Å²) in [5.74, 6) is -1.50. The van der Waals surface area contributed by atoms with Gasteiger partial charge in [0, 0.05) is 5.92 Å². The van der Waals surface area contributed by atoms with Crippen LogP contribution in [0.4, 0.5) is 0 Å². The molecule has 1 rings (SSSR count). The first kappa shape index (κ1) is 15.7. The molecule has 0 aromatic heterocycles. The molecule has 0 aliphatic carbocycles. The van der Waals surface area contributed by atoms with E-state index >= 15 is 0 Å². The second-order valence-corrected chi connectivity index (χ2v) is 5.37. The predicted octanol–water partition coefficient (Wildman–Crippen LogP) is 3.02. The maximum Gasteiger partial charge on any atom is 0.306 e. The van der Waals surface area contributed by atoms with Gasteiger partial charge in [-0.15, -0.1) is 0 Å². The van der Waals surface area contributed by atoms with Crippen molar-refractivity contribution in [1.29, 1.82) is 10.5 Å². The lowest BCUT2D eigenvalue weighted by atomic mass is 9.67. The summed E-state index contributed by atoms with van der Waals surface area (Å²) in [6, 6.07) is 13.4. The summed E-state index contributed by atoms with van der Waals surface area (Å²) in [6.45, 7) is 3.76. The Bertz CT molecular complexity index is 524. The fraction of sp³-hybridized carbons (Fsp3) is 0.438. The molecule has 1 aromatic carbocycles. The number of esters is 1. The molecule has 0 amide bonds. The largest absolute Gasteiger partial charge is 0.469 e. The number of carbonyl (C=O) groups excluding carboxylic acids is 1. The molecule has 0 fully saturated rings. The third kappa shape index (κ3) is 3.59. The van der Waals surface area contributed by atoms with E-state index in [9.17, 15) is 15.3 Å². The predicted molar refractivity (Wildman–Crippen MR) is 74.3 cm³/mol. The molecular formula is C16H18N2O2. The van der Waals surface area contributed by atoms with E-state index in [1.165, 1.54) is 7.11 Å². The van der Waals surface area contributed by atoms with Crippen LogP contribution in [0, 0.1) is 34.0 Å². The average molecular weight is 270 g/mol. The Hall–Kier alpha value is -2.33. The fourth-order valence-corrected chi connectivity index (χ4v) is 2.49. The summed E-state index contributed by atoms with van der Waals surface area (Å²) in [7, 11) is 1.34. The summed E-state index contributed by atoms with van der Waals surface area (Å²) in [6.07, 6.45) is 0.156. The molecule has 20 heavy (non-hydrogen) atoms. The van der Waals surface area contributed by atoms with Crippen LogP contribution in [0.15, 0.2) is 30.3 Å². The molecule has 0 aliphatic rings. The molecule has 104 valence electrons. The van der Waals surface area contributed by atoms with Gasteiger partial charge in [0.25, 0.3) is 0 Å². The van der Waals surface area contributed by atoms with Crippen molar-refractivity contribution in [3.05, 3.63) is 35.9 Å². The van der Waals surface area contributed by atoms with Gasteiger partial charge in [0.2, 0.25) is 0 Å². The Labute approximate surface area is 119 Å². The first-order valence-corrected chi connectivity index (χ1v) is 6.37. The van der Waals surface area contributed by atoms with Crippen molar-refractivity contribution in [2.45, 2.75) is 26.2 Å². The number of hydrogen-bond acceptors (Lipinski definition) is 4. The summed E-state index contributed by atoms with van der Waals surface area (Å²) < 4.78 is 4.71. The van der Waals surface area contributed by atoms with Crippen molar-refractivity contribution < 1.29 is 9.53 Å². The molecule has 1 atom stereocenters. The maximum atomic E-state index is 11.6. The monoisotopic (exact) mass is 270 g/mol. The molecule has 1 aromatic rings. The van der Waals surface area contributed by atoms with Gasteiger partial charge in [-0.05, 0) is 11.0 Å². The first-order chi connectivity index (χ1) is 9.46. The van der Waals surface area contributed by atoms with Crippen LogP contribution in [0.1, 0.15) is 31.7 Å². The van der Waals surface area contributed by atoms with Gasteiger partial charge in [-0.2, -0.15) is 10.5 Å². The standard InChI is InChI=1S/C16H18N2O2/c1-16(2,9-14(19)20-3)15(13(10-17)11-18)12-7-5-4-6-8-12/h4-8,13,15H,9H2,1-3H3. The van der Waals surface area contributed by atoms with E-state index in [0.29, 0.717) is 0 Å². The number of carbonyl (C=O) groups is 1. The molecular weight excluding hydrogens is 252 g/mol. The third-order valence-corrected chi connectivity index (χ3v) is 3.44. The van der Waals surface area contributed by atoms with Crippen molar-refractivity contribution in [2.75, 3.05) is 7.11 Å². The second-order valence-electron chi connectivity index (χ2n) is 5.37. The van der Waals surface area contributed by atoms with Gasteiger partial charge >= 0.3 is 5.97 Å². The quantitative estimate of drug-likeness (QED) is 0.771. The van der Waals surface area contributed by atoms with E-state index in [0.717, 1.165) is 5.56 Å². The normalized spacial score (nSPS) is 12.3. The summed E-state index contributed by atoms with van der Waals surface area (Å²) in [5, 5.41) is 18.4. The minimum Gasteiger partial charge on any atom is -0.469 e. The smallest absolute Gasteiger partial charge is 0.306 e. The maximum absolute atomic E-state index is 11.6. The van der Waals surface area contributed by atoms with Crippen LogP contribution < -0.4 is 0 Å². The molecule has 0 aliphatic heterocycles. The van der Waals surface area contributed by atoms with Gasteiger partial charge in [0.05, 0.1) is 25.7 Å². The number of methoxy groups -OCH3 is 1. The number of hydrogen-bond donors (Lipinski definition) is 0. The highest BCUT2D eigenvalue weighted by Crippen LogP contribution is 2.43. The topological polar surface area (TPSA) is 73.9 Å². The van der Waals surface area contributed by atoms with Crippen molar-refractivity contribution >= 4 is 5.97 Å². The van der Waals surface area contributed by atoms with Crippen LogP contribution >= 0.6 is 0 Å². The Balaban J connectivity index is 3.22. The Morgan fingerprint density at radius 1 is 1.25 bits per heavy atom. The van der Waals surface area contributed by atoms with E-state index in [1.54, 1.807) is 0 Å². The number of ether oxygens (including phenoxy) is 1. The van der Waals surface area contributed by atoms with E-state index in [-0.39, 0.29) is 18.3 Å². The van der Waals surface area contributed by atoms with Crippen molar-refractivity contribution in [2.24, 2.45) is 11.3 Å². The molecule has 0 spiro atoms. The Kier molecular flexibility index (Phi) is 5.29. The first-order valence-electron chi connectivity index (χ1n) is 6.37. The van der Waals surface area contributed by atoms with Crippen LogP contribution in [-0.2, 0) is 9.53 Å². The lowest BCUT2D eigenvalue weighted by Crippen LogP contribution is -2.30. The summed E-state index contributed by atoms with van der Waals surface area (Å²) in [4.78, 5) is 11.6. The minimum absolute atomic E-state index is 0.156. The molecule has 1 unspecified atom stereocenters. The summed E-state index contributed by atoms with van der Waals surface area (Å²) in [5.41, 5.74) is 0.333. The van der Waals surface area contributed by atoms with Crippen LogP contribution in [0.2, 0.25) is 0 Å². The highest BCUT2D eigenvalue weighted by atomic mass is 16.5. The molecule has 4 nitrogen and oxygen atoms in total. The zero-order valence-electron chi connectivity index (χ0n) is 12.0. The van der Waals surface area contributed by atoms with E-state index in [4.69, 9.17) is 4.74 Å². The highest BCUT2D eigenvalue weighted by molar-refractivity contribution is 5.70. The van der Waals surface area contributed by atoms with Gasteiger partial charge in [0.1, 0.15) is 5.92 Å². The Morgan fingerprint density at radius 2 is 1.80 bits per heavy atom. The lowest BCUT2D eigenvalue weighted by Gasteiger charge is -2.34. The molecule has 0 saturated carbocycles. The number of nitriles is 2. The molecule has 4 heteroatoms. The van der Waals surface area contributed by atoms with Gasteiger partial charge in [0.15, 0.2) is 0 Å². The van der Waals surface area contributed by atoms with Crippen LogP contribution in [-0.4, -0.2) is 13.1 Å². The molecule has 0 radical (unpaired) electrons. The number of nitrogens with zero attached hydrogens (tertiary/aromatic N) is 2. The minimum atomic E-state index is -0.808.